The average molecular weight is 402 g/mol. The molecule has 0 unspecified atom stereocenters. The first kappa shape index (κ1) is 19.5. The van der Waals surface area contributed by atoms with Crippen LogP contribution in [0.25, 0.3) is 0 Å². The van der Waals surface area contributed by atoms with Crippen LogP contribution >= 0.6 is 23.4 Å². The van der Waals surface area contributed by atoms with Gasteiger partial charge in [-0.2, -0.15) is 0 Å². The van der Waals surface area contributed by atoms with E-state index in [0.29, 0.717) is 33.1 Å². The Bertz CT molecular complexity index is 879. The number of nitrogens with zero attached hydrogens (tertiary/aromatic N) is 2. The minimum atomic E-state index is 0.0619. The first-order valence-corrected chi connectivity index (χ1v) is 10.0. The molecule has 140 valence electrons. The van der Waals surface area contributed by atoms with Gasteiger partial charge in [0.1, 0.15) is 12.4 Å². The Kier molecular flexibility index (Phi) is 6.90. The molecule has 0 saturated carbocycles. The Morgan fingerprint density at radius 1 is 1.15 bits per heavy atom. The zero-order chi connectivity index (χ0) is 19.1. The van der Waals surface area contributed by atoms with Gasteiger partial charge in [-0.1, -0.05) is 61.0 Å². The first-order valence-electron chi connectivity index (χ1n) is 8.68. The summed E-state index contributed by atoms with van der Waals surface area (Å²) >= 11 is 7.15. The fourth-order valence-electron chi connectivity index (χ4n) is 2.45. The number of aromatic amines is 1. The molecule has 1 aromatic heterocycles. The number of halogens is 1. The molecule has 27 heavy (non-hydrogen) atoms. The van der Waals surface area contributed by atoms with Crippen LogP contribution in [-0.4, -0.2) is 26.7 Å². The fourth-order valence-corrected chi connectivity index (χ4v) is 3.29. The molecular weight excluding hydrogens is 382 g/mol. The molecule has 7 heteroatoms. The molecular formula is C20H20ClN3O2S. The molecule has 1 N–H and O–H groups in total. The summed E-state index contributed by atoms with van der Waals surface area (Å²) in [6.07, 6.45) is 2.12. The van der Waals surface area contributed by atoms with Gasteiger partial charge in [0.15, 0.2) is 11.6 Å². The molecule has 0 saturated heterocycles. The van der Waals surface area contributed by atoms with E-state index in [-0.39, 0.29) is 12.4 Å². The Balaban J connectivity index is 1.48. The predicted octanol–water partition coefficient (Wildman–Crippen LogP) is 4.96. The third kappa shape index (κ3) is 5.84. The summed E-state index contributed by atoms with van der Waals surface area (Å²) < 4.78 is 5.62. The number of H-pyrrole nitrogens is 1. The van der Waals surface area contributed by atoms with Crippen LogP contribution in [0.15, 0.2) is 53.7 Å². The molecule has 3 aromatic rings. The van der Waals surface area contributed by atoms with Crippen LogP contribution in [0.2, 0.25) is 5.02 Å². The van der Waals surface area contributed by atoms with Crippen molar-refractivity contribution < 1.29 is 9.53 Å². The quantitative estimate of drug-likeness (QED) is 0.405. The molecule has 0 bridgehead atoms. The number of nitrogens with one attached hydrogen (secondary N) is 1. The van der Waals surface area contributed by atoms with Crippen LogP contribution in [0.1, 0.15) is 35.1 Å². The second-order valence-corrected chi connectivity index (χ2v) is 7.34. The van der Waals surface area contributed by atoms with Crippen LogP contribution in [0.5, 0.6) is 5.75 Å². The number of ether oxygens (including phenoxy) is 1. The normalized spacial score (nSPS) is 10.7. The lowest BCUT2D eigenvalue weighted by Crippen LogP contribution is -2.03. The van der Waals surface area contributed by atoms with Gasteiger partial charge in [0.05, 0.1) is 5.75 Å². The van der Waals surface area contributed by atoms with Gasteiger partial charge in [-0.3, -0.25) is 9.89 Å². The highest BCUT2D eigenvalue weighted by Crippen LogP contribution is 2.18. The topological polar surface area (TPSA) is 67.9 Å². The number of benzene rings is 2. The zero-order valence-electron chi connectivity index (χ0n) is 14.9. The molecule has 0 spiro atoms. The molecule has 3 rings (SSSR count). The van der Waals surface area contributed by atoms with E-state index in [0.717, 1.165) is 12.8 Å². The zero-order valence-corrected chi connectivity index (χ0v) is 16.5. The van der Waals surface area contributed by atoms with E-state index >= 15 is 0 Å². The average Bonchev–Trinajstić information content (AvgIpc) is 3.14. The second-order valence-electron chi connectivity index (χ2n) is 5.97. The second kappa shape index (κ2) is 9.58. The van der Waals surface area contributed by atoms with Crippen molar-refractivity contribution in [1.82, 2.24) is 15.2 Å². The minimum Gasteiger partial charge on any atom is -0.486 e. The standard InChI is InChI=1S/C20H20ClN3O2S/c1-2-3-14-4-6-15(7-5-14)18(25)13-27-20-22-19(23-24-20)12-26-17-10-8-16(21)9-11-17/h4-11H,2-3,12-13H2,1H3,(H,22,23,24). The lowest BCUT2D eigenvalue weighted by Gasteiger charge is -2.03. The molecule has 0 aliphatic heterocycles. The fraction of sp³-hybridized carbons (Fsp3) is 0.250. The smallest absolute Gasteiger partial charge is 0.208 e. The van der Waals surface area contributed by atoms with E-state index in [1.54, 1.807) is 24.3 Å². The van der Waals surface area contributed by atoms with Crippen LogP contribution < -0.4 is 4.74 Å². The van der Waals surface area contributed by atoms with Gasteiger partial charge >= 0.3 is 0 Å². The molecule has 0 amide bonds. The molecule has 0 aliphatic rings. The largest absolute Gasteiger partial charge is 0.486 e. The number of aromatic nitrogens is 3. The third-order valence-corrected chi connectivity index (χ3v) is 4.95. The summed E-state index contributed by atoms with van der Waals surface area (Å²) in [6.45, 7) is 2.41. The van der Waals surface area contributed by atoms with Crippen molar-refractivity contribution in [1.29, 1.82) is 0 Å². The Morgan fingerprint density at radius 2 is 1.89 bits per heavy atom. The highest BCUT2D eigenvalue weighted by atomic mass is 35.5. The number of carbonyl (C=O) groups excluding carboxylic acids is 1. The molecule has 2 aromatic carbocycles. The first-order chi connectivity index (χ1) is 13.1. The van der Waals surface area contributed by atoms with E-state index in [9.17, 15) is 4.79 Å². The van der Waals surface area contributed by atoms with Crippen molar-refractivity contribution in [3.8, 4) is 5.75 Å². The monoisotopic (exact) mass is 401 g/mol. The molecule has 0 fully saturated rings. The van der Waals surface area contributed by atoms with E-state index in [2.05, 4.69) is 22.1 Å². The highest BCUT2D eigenvalue weighted by Gasteiger charge is 2.10. The van der Waals surface area contributed by atoms with Gasteiger partial charge in [-0.15, -0.1) is 5.10 Å². The SMILES string of the molecule is CCCc1ccc(C(=O)CSc2n[nH]c(COc3ccc(Cl)cc3)n2)cc1. The Labute approximate surface area is 167 Å². The summed E-state index contributed by atoms with van der Waals surface area (Å²) in [5.41, 5.74) is 1.96. The number of ketones is 1. The number of aryl methyl sites for hydroxylation is 1. The van der Waals surface area contributed by atoms with Crippen molar-refractivity contribution in [3.63, 3.8) is 0 Å². The summed E-state index contributed by atoms with van der Waals surface area (Å²) in [4.78, 5) is 16.7. The van der Waals surface area contributed by atoms with Gasteiger partial charge in [0, 0.05) is 10.6 Å². The number of hydrogen-bond donors (Lipinski definition) is 1. The highest BCUT2D eigenvalue weighted by molar-refractivity contribution is 7.99. The predicted molar refractivity (Wildman–Crippen MR) is 108 cm³/mol. The van der Waals surface area contributed by atoms with Crippen molar-refractivity contribution in [2.24, 2.45) is 0 Å². The number of carbonyl (C=O) groups is 1. The van der Waals surface area contributed by atoms with Crippen LogP contribution in [-0.2, 0) is 13.0 Å². The van der Waals surface area contributed by atoms with Crippen LogP contribution in [0.3, 0.4) is 0 Å². The van der Waals surface area contributed by atoms with Crippen LogP contribution in [0.4, 0.5) is 0 Å². The minimum absolute atomic E-state index is 0.0619. The number of Topliss-reactive ketones (excluding diaryl/α,β-unsaturated/α-hetero) is 1. The maximum atomic E-state index is 12.3. The van der Waals surface area contributed by atoms with Gasteiger partial charge < -0.3 is 4.74 Å². The molecule has 1 heterocycles. The lowest BCUT2D eigenvalue weighted by molar-refractivity contribution is 0.102. The Hall–Kier alpha value is -2.31. The molecule has 0 aliphatic carbocycles. The van der Waals surface area contributed by atoms with Crippen molar-refractivity contribution >= 4 is 29.1 Å². The van der Waals surface area contributed by atoms with Gasteiger partial charge in [0.25, 0.3) is 0 Å². The number of thioether (sulfide) groups is 1. The van der Waals surface area contributed by atoms with E-state index in [1.807, 2.05) is 24.3 Å². The van der Waals surface area contributed by atoms with E-state index in [1.165, 1.54) is 17.3 Å². The summed E-state index contributed by atoms with van der Waals surface area (Å²) in [7, 11) is 0. The number of rotatable bonds is 9. The van der Waals surface area contributed by atoms with Gasteiger partial charge in [-0.25, -0.2) is 4.98 Å². The van der Waals surface area contributed by atoms with E-state index in [4.69, 9.17) is 16.3 Å². The van der Waals surface area contributed by atoms with E-state index < -0.39 is 0 Å². The summed E-state index contributed by atoms with van der Waals surface area (Å²) in [6, 6.07) is 14.9. The van der Waals surface area contributed by atoms with Gasteiger partial charge in [0.2, 0.25) is 5.16 Å². The molecule has 5 nitrogen and oxygen atoms in total. The molecule has 0 radical (unpaired) electrons. The third-order valence-electron chi connectivity index (χ3n) is 3.85. The van der Waals surface area contributed by atoms with Crippen LogP contribution in [0, 0.1) is 0 Å². The molecule has 0 atom stereocenters. The maximum Gasteiger partial charge on any atom is 0.208 e. The Morgan fingerprint density at radius 3 is 2.59 bits per heavy atom. The maximum absolute atomic E-state index is 12.3. The van der Waals surface area contributed by atoms with Gasteiger partial charge in [-0.05, 0) is 36.2 Å². The summed E-state index contributed by atoms with van der Waals surface area (Å²) in [5.74, 6) is 1.66. The number of hydrogen-bond acceptors (Lipinski definition) is 5. The van der Waals surface area contributed by atoms with Crippen molar-refractivity contribution in [2.45, 2.75) is 31.5 Å². The summed E-state index contributed by atoms with van der Waals surface area (Å²) in [5, 5.41) is 8.13. The van der Waals surface area contributed by atoms with Crippen molar-refractivity contribution in [2.75, 3.05) is 5.75 Å². The lowest BCUT2D eigenvalue weighted by atomic mass is 10.1. The van der Waals surface area contributed by atoms with Crippen molar-refractivity contribution in [3.05, 3.63) is 70.5 Å².